The second kappa shape index (κ2) is 4.74. The van der Waals surface area contributed by atoms with Crippen LogP contribution in [-0.2, 0) is 0 Å². The molecule has 2 aromatic heterocycles. The summed E-state index contributed by atoms with van der Waals surface area (Å²) in [5, 5.41) is 4.05. The molecule has 0 saturated carbocycles. The molecule has 2 heterocycles. The number of fused-ring (bicyclic) bond motifs is 2. The second-order valence-corrected chi connectivity index (χ2v) is 7.63. The van der Waals surface area contributed by atoms with Crippen molar-refractivity contribution in [1.82, 2.24) is 0 Å². The molecule has 4 heteroatoms. The molecule has 0 aliphatic rings. The van der Waals surface area contributed by atoms with E-state index < -0.39 is 0 Å². The van der Waals surface area contributed by atoms with E-state index in [2.05, 4.69) is 24.3 Å². The van der Waals surface area contributed by atoms with E-state index in [0.29, 0.717) is 0 Å². The molecular formula is C16H8Cl2S2. The molecule has 98 valence electrons. The van der Waals surface area contributed by atoms with E-state index in [4.69, 9.17) is 23.2 Å². The Kier molecular flexibility index (Phi) is 3.00. The van der Waals surface area contributed by atoms with E-state index in [1.54, 1.807) is 22.7 Å². The molecule has 4 aromatic rings. The Bertz CT molecular complexity index is 856. The number of thiophene rings is 2. The highest BCUT2D eigenvalue weighted by molar-refractivity contribution is 7.28. The Balaban J connectivity index is 1.91. The van der Waals surface area contributed by atoms with Gasteiger partial charge >= 0.3 is 0 Å². The standard InChI is InChI=1S/C16H8Cl2S2/c17-11-3-1-9-5-15(19-13(9)7-11)16-6-10-2-4-12(18)8-14(10)20-16/h1-8H. The lowest BCUT2D eigenvalue weighted by Crippen LogP contribution is -1.62. The van der Waals surface area contributed by atoms with Gasteiger partial charge in [0.15, 0.2) is 0 Å². The summed E-state index contributed by atoms with van der Waals surface area (Å²) in [5.74, 6) is 0. The number of rotatable bonds is 1. The van der Waals surface area contributed by atoms with Gasteiger partial charge in [-0.2, -0.15) is 0 Å². The van der Waals surface area contributed by atoms with E-state index in [9.17, 15) is 0 Å². The van der Waals surface area contributed by atoms with Crippen molar-refractivity contribution in [3.63, 3.8) is 0 Å². The molecule has 0 spiro atoms. The van der Waals surface area contributed by atoms with Crippen LogP contribution in [0.1, 0.15) is 0 Å². The number of halogens is 2. The zero-order chi connectivity index (χ0) is 13.7. The molecule has 0 aliphatic heterocycles. The van der Waals surface area contributed by atoms with Crippen molar-refractivity contribution in [1.29, 1.82) is 0 Å². The molecular weight excluding hydrogens is 327 g/mol. The first-order chi connectivity index (χ1) is 9.69. The maximum absolute atomic E-state index is 6.05. The minimum absolute atomic E-state index is 0.786. The molecule has 0 bridgehead atoms. The van der Waals surface area contributed by atoms with Crippen LogP contribution in [0.25, 0.3) is 29.9 Å². The molecule has 0 unspecified atom stereocenters. The van der Waals surface area contributed by atoms with Crippen molar-refractivity contribution >= 4 is 66.0 Å². The molecule has 0 atom stereocenters. The minimum atomic E-state index is 0.786. The van der Waals surface area contributed by atoms with Crippen LogP contribution in [0.4, 0.5) is 0 Å². The van der Waals surface area contributed by atoms with Crippen molar-refractivity contribution in [2.45, 2.75) is 0 Å². The van der Waals surface area contributed by atoms with E-state index in [-0.39, 0.29) is 0 Å². The van der Waals surface area contributed by atoms with Crippen LogP contribution >= 0.6 is 45.9 Å². The first kappa shape index (κ1) is 12.7. The van der Waals surface area contributed by atoms with E-state index >= 15 is 0 Å². The molecule has 0 amide bonds. The van der Waals surface area contributed by atoms with Gasteiger partial charge in [-0.05, 0) is 47.2 Å². The lowest BCUT2D eigenvalue weighted by Gasteiger charge is -1.88. The smallest absolute Gasteiger partial charge is 0.0455 e. The highest BCUT2D eigenvalue weighted by atomic mass is 35.5. The Hall–Kier alpha value is -1.06. The van der Waals surface area contributed by atoms with Crippen LogP contribution in [0.5, 0.6) is 0 Å². The third-order valence-electron chi connectivity index (χ3n) is 3.21. The van der Waals surface area contributed by atoms with Crippen molar-refractivity contribution < 1.29 is 0 Å². The molecule has 0 radical (unpaired) electrons. The normalized spacial score (nSPS) is 11.5. The summed E-state index contributed by atoms with van der Waals surface area (Å²) in [4.78, 5) is 2.55. The summed E-state index contributed by atoms with van der Waals surface area (Å²) in [6.07, 6.45) is 0. The van der Waals surface area contributed by atoms with Crippen LogP contribution in [0.3, 0.4) is 0 Å². The Morgan fingerprint density at radius 1 is 0.600 bits per heavy atom. The van der Waals surface area contributed by atoms with Crippen molar-refractivity contribution in [2.24, 2.45) is 0 Å². The SMILES string of the molecule is Clc1ccc2cc(-c3cc4ccc(Cl)cc4s3)sc2c1. The molecule has 2 aromatic carbocycles. The Labute approximate surface area is 134 Å². The Morgan fingerprint density at radius 2 is 1.05 bits per heavy atom. The first-order valence-electron chi connectivity index (χ1n) is 6.08. The maximum Gasteiger partial charge on any atom is 0.0455 e. The van der Waals surface area contributed by atoms with Gasteiger partial charge in [-0.1, -0.05) is 35.3 Å². The lowest BCUT2D eigenvalue weighted by molar-refractivity contribution is 1.84. The van der Waals surface area contributed by atoms with E-state index in [1.807, 2.05) is 24.3 Å². The summed E-state index contributed by atoms with van der Waals surface area (Å²) >= 11 is 15.7. The van der Waals surface area contributed by atoms with Gasteiger partial charge in [-0.15, -0.1) is 22.7 Å². The van der Waals surface area contributed by atoms with Gasteiger partial charge in [0.1, 0.15) is 0 Å². The quantitative estimate of drug-likeness (QED) is 0.348. The topological polar surface area (TPSA) is 0 Å². The lowest BCUT2D eigenvalue weighted by atomic mass is 10.2. The number of benzene rings is 2. The average molecular weight is 335 g/mol. The third-order valence-corrected chi connectivity index (χ3v) is 6.07. The molecule has 4 rings (SSSR count). The van der Waals surface area contributed by atoms with Gasteiger partial charge in [-0.3, -0.25) is 0 Å². The molecule has 0 aliphatic carbocycles. The first-order valence-corrected chi connectivity index (χ1v) is 8.46. The summed E-state index contributed by atoms with van der Waals surface area (Å²) in [6, 6.07) is 16.5. The summed E-state index contributed by atoms with van der Waals surface area (Å²) in [7, 11) is 0. The average Bonchev–Trinajstić information content (AvgIpc) is 3.00. The Morgan fingerprint density at radius 3 is 1.50 bits per heavy atom. The largest absolute Gasteiger partial charge is 0.134 e. The highest BCUT2D eigenvalue weighted by Crippen LogP contribution is 2.40. The summed E-state index contributed by atoms with van der Waals surface area (Å²) in [5.41, 5.74) is 0. The fraction of sp³-hybridized carbons (Fsp3) is 0. The number of hydrogen-bond donors (Lipinski definition) is 0. The van der Waals surface area contributed by atoms with Crippen molar-refractivity contribution in [2.75, 3.05) is 0 Å². The third kappa shape index (κ3) is 2.13. The van der Waals surface area contributed by atoms with Crippen LogP contribution in [0, 0.1) is 0 Å². The zero-order valence-corrected chi connectivity index (χ0v) is 13.3. The van der Waals surface area contributed by atoms with Crippen LogP contribution in [0.2, 0.25) is 10.0 Å². The van der Waals surface area contributed by atoms with Gasteiger partial charge in [0, 0.05) is 29.2 Å². The number of hydrogen-bond acceptors (Lipinski definition) is 2. The monoisotopic (exact) mass is 334 g/mol. The molecule has 0 N–H and O–H groups in total. The van der Waals surface area contributed by atoms with Gasteiger partial charge < -0.3 is 0 Å². The van der Waals surface area contributed by atoms with Crippen LogP contribution in [0.15, 0.2) is 48.5 Å². The highest BCUT2D eigenvalue weighted by Gasteiger charge is 2.09. The summed E-state index contributed by atoms with van der Waals surface area (Å²) < 4.78 is 2.45. The predicted molar refractivity (Wildman–Crippen MR) is 92.7 cm³/mol. The summed E-state index contributed by atoms with van der Waals surface area (Å²) in [6.45, 7) is 0. The van der Waals surface area contributed by atoms with Crippen LogP contribution < -0.4 is 0 Å². The maximum atomic E-state index is 6.05. The molecule has 0 fully saturated rings. The van der Waals surface area contributed by atoms with Crippen LogP contribution in [-0.4, -0.2) is 0 Å². The van der Waals surface area contributed by atoms with Gasteiger partial charge in [0.2, 0.25) is 0 Å². The second-order valence-electron chi connectivity index (χ2n) is 4.59. The van der Waals surface area contributed by atoms with E-state index in [1.165, 1.54) is 29.9 Å². The van der Waals surface area contributed by atoms with Gasteiger partial charge in [-0.25, -0.2) is 0 Å². The van der Waals surface area contributed by atoms with Crippen molar-refractivity contribution in [3.8, 4) is 9.75 Å². The van der Waals surface area contributed by atoms with Crippen molar-refractivity contribution in [3.05, 3.63) is 58.6 Å². The fourth-order valence-electron chi connectivity index (χ4n) is 2.25. The fourth-order valence-corrected chi connectivity index (χ4v) is 5.00. The minimum Gasteiger partial charge on any atom is -0.134 e. The molecule has 0 saturated heterocycles. The molecule has 0 nitrogen and oxygen atoms in total. The van der Waals surface area contributed by atoms with Gasteiger partial charge in [0.25, 0.3) is 0 Å². The predicted octanol–water partition coefficient (Wildman–Crippen LogP) is 7.09. The van der Waals surface area contributed by atoms with E-state index in [0.717, 1.165) is 10.0 Å². The molecule has 20 heavy (non-hydrogen) atoms. The van der Waals surface area contributed by atoms with Gasteiger partial charge in [0.05, 0.1) is 0 Å². The zero-order valence-electron chi connectivity index (χ0n) is 10.2.